The SMILES string of the molecule is CCCCCC(C)(C)c1ccc(OCC(CO)(CO)CO)cc1. The average molecular weight is 324 g/mol. The minimum Gasteiger partial charge on any atom is -0.493 e. The second-order valence-corrected chi connectivity index (χ2v) is 7.13. The molecule has 0 atom stereocenters. The van der Waals surface area contributed by atoms with E-state index in [2.05, 4.69) is 32.9 Å². The maximum absolute atomic E-state index is 9.31. The summed E-state index contributed by atoms with van der Waals surface area (Å²) in [5.41, 5.74) is 0.412. The van der Waals surface area contributed by atoms with E-state index in [9.17, 15) is 15.3 Å². The van der Waals surface area contributed by atoms with Gasteiger partial charge in [0.25, 0.3) is 0 Å². The van der Waals surface area contributed by atoms with Crippen LogP contribution in [0.4, 0.5) is 0 Å². The second-order valence-electron chi connectivity index (χ2n) is 7.13. The molecule has 3 N–H and O–H groups in total. The average Bonchev–Trinajstić information content (AvgIpc) is 2.57. The van der Waals surface area contributed by atoms with Crippen LogP contribution >= 0.6 is 0 Å². The molecule has 0 bridgehead atoms. The summed E-state index contributed by atoms with van der Waals surface area (Å²) in [6, 6.07) is 7.96. The molecule has 0 aromatic heterocycles. The summed E-state index contributed by atoms with van der Waals surface area (Å²) in [6.07, 6.45) is 4.87. The molecule has 4 heteroatoms. The van der Waals surface area contributed by atoms with Crippen molar-refractivity contribution < 1.29 is 20.1 Å². The van der Waals surface area contributed by atoms with Crippen LogP contribution in [0.1, 0.15) is 52.0 Å². The normalized spacial score (nSPS) is 12.4. The second kappa shape index (κ2) is 9.26. The van der Waals surface area contributed by atoms with Gasteiger partial charge in [-0.25, -0.2) is 0 Å². The lowest BCUT2D eigenvalue weighted by molar-refractivity contribution is -0.0258. The van der Waals surface area contributed by atoms with Crippen LogP contribution in [0.25, 0.3) is 0 Å². The maximum atomic E-state index is 9.31. The van der Waals surface area contributed by atoms with Gasteiger partial charge in [-0.1, -0.05) is 52.2 Å². The van der Waals surface area contributed by atoms with Gasteiger partial charge in [-0.3, -0.25) is 0 Å². The number of unbranched alkanes of at least 4 members (excludes halogenated alkanes) is 2. The van der Waals surface area contributed by atoms with Crippen molar-refractivity contribution >= 4 is 0 Å². The van der Waals surface area contributed by atoms with E-state index in [1.165, 1.54) is 24.8 Å². The summed E-state index contributed by atoms with van der Waals surface area (Å²) < 4.78 is 5.63. The summed E-state index contributed by atoms with van der Waals surface area (Å²) in [4.78, 5) is 0. The first-order valence-corrected chi connectivity index (χ1v) is 8.49. The van der Waals surface area contributed by atoms with E-state index >= 15 is 0 Å². The van der Waals surface area contributed by atoms with Crippen molar-refractivity contribution in [2.45, 2.75) is 51.9 Å². The Labute approximate surface area is 140 Å². The van der Waals surface area contributed by atoms with Crippen LogP contribution < -0.4 is 4.74 Å². The molecule has 0 spiro atoms. The van der Waals surface area contributed by atoms with Crippen molar-refractivity contribution in [3.05, 3.63) is 29.8 Å². The molecule has 0 saturated carbocycles. The lowest BCUT2D eigenvalue weighted by Crippen LogP contribution is -2.39. The summed E-state index contributed by atoms with van der Waals surface area (Å²) in [6.45, 7) is 5.85. The van der Waals surface area contributed by atoms with E-state index in [0.29, 0.717) is 5.75 Å². The van der Waals surface area contributed by atoms with Crippen LogP contribution in [0, 0.1) is 5.41 Å². The number of aliphatic hydroxyl groups excluding tert-OH is 3. The number of hydrogen-bond acceptors (Lipinski definition) is 4. The Balaban J connectivity index is 2.65. The van der Waals surface area contributed by atoms with Gasteiger partial charge in [0.1, 0.15) is 12.4 Å². The molecular weight excluding hydrogens is 292 g/mol. The summed E-state index contributed by atoms with van der Waals surface area (Å²) in [5.74, 6) is 0.679. The lowest BCUT2D eigenvalue weighted by Gasteiger charge is -2.28. The third-order valence-electron chi connectivity index (χ3n) is 4.59. The molecule has 0 saturated heterocycles. The number of aliphatic hydroxyl groups is 3. The number of hydrogen-bond donors (Lipinski definition) is 3. The zero-order chi connectivity index (χ0) is 17.3. The smallest absolute Gasteiger partial charge is 0.119 e. The Morgan fingerprint density at radius 2 is 1.48 bits per heavy atom. The fourth-order valence-corrected chi connectivity index (χ4v) is 2.49. The molecule has 132 valence electrons. The first-order chi connectivity index (χ1) is 10.9. The van der Waals surface area contributed by atoms with E-state index in [-0.39, 0.29) is 31.8 Å². The molecule has 0 amide bonds. The Bertz CT molecular complexity index is 427. The van der Waals surface area contributed by atoms with E-state index in [4.69, 9.17) is 4.74 Å². The Hall–Kier alpha value is -1.10. The minimum absolute atomic E-state index is 0.0791. The Morgan fingerprint density at radius 3 is 1.96 bits per heavy atom. The molecular formula is C19H32O4. The van der Waals surface area contributed by atoms with E-state index in [1.807, 2.05) is 12.1 Å². The highest BCUT2D eigenvalue weighted by molar-refractivity contribution is 5.31. The summed E-state index contributed by atoms with van der Waals surface area (Å²) in [7, 11) is 0. The van der Waals surface area contributed by atoms with Gasteiger partial charge in [-0.05, 0) is 29.5 Å². The van der Waals surface area contributed by atoms with Gasteiger partial charge in [0.2, 0.25) is 0 Å². The molecule has 1 aromatic carbocycles. The molecule has 0 fully saturated rings. The van der Waals surface area contributed by atoms with Crippen LogP contribution in [-0.2, 0) is 5.41 Å². The standard InChI is InChI=1S/C19H32O4/c1-4-5-6-11-18(2,3)16-7-9-17(10-8-16)23-15-19(12-20,13-21)14-22/h7-10,20-22H,4-6,11-15H2,1-3H3. The van der Waals surface area contributed by atoms with Crippen molar-refractivity contribution in [3.8, 4) is 5.75 Å². The number of rotatable bonds is 11. The first-order valence-electron chi connectivity index (χ1n) is 8.49. The maximum Gasteiger partial charge on any atom is 0.119 e. The fourth-order valence-electron chi connectivity index (χ4n) is 2.49. The first kappa shape index (κ1) is 19.9. The molecule has 23 heavy (non-hydrogen) atoms. The Morgan fingerprint density at radius 1 is 0.913 bits per heavy atom. The van der Waals surface area contributed by atoms with Crippen LogP contribution in [-0.4, -0.2) is 41.7 Å². The van der Waals surface area contributed by atoms with Gasteiger partial charge >= 0.3 is 0 Å². The van der Waals surface area contributed by atoms with E-state index in [1.54, 1.807) is 0 Å². The van der Waals surface area contributed by atoms with E-state index in [0.717, 1.165) is 6.42 Å². The van der Waals surface area contributed by atoms with Crippen molar-refractivity contribution in [2.24, 2.45) is 5.41 Å². The highest BCUT2D eigenvalue weighted by Crippen LogP contribution is 2.30. The van der Waals surface area contributed by atoms with Crippen molar-refractivity contribution in [3.63, 3.8) is 0 Å². The predicted molar refractivity (Wildman–Crippen MR) is 92.8 cm³/mol. The fraction of sp³-hybridized carbons (Fsp3) is 0.684. The minimum atomic E-state index is -1.00. The van der Waals surface area contributed by atoms with Gasteiger partial charge in [-0.15, -0.1) is 0 Å². The topological polar surface area (TPSA) is 69.9 Å². The van der Waals surface area contributed by atoms with Crippen molar-refractivity contribution in [2.75, 3.05) is 26.4 Å². The zero-order valence-electron chi connectivity index (χ0n) is 14.7. The number of ether oxygens (including phenoxy) is 1. The van der Waals surface area contributed by atoms with E-state index < -0.39 is 5.41 Å². The zero-order valence-corrected chi connectivity index (χ0v) is 14.7. The van der Waals surface area contributed by atoms with Gasteiger partial charge in [0.15, 0.2) is 0 Å². The summed E-state index contributed by atoms with van der Waals surface area (Å²) >= 11 is 0. The third-order valence-corrected chi connectivity index (χ3v) is 4.59. The van der Waals surface area contributed by atoms with Gasteiger partial charge < -0.3 is 20.1 Å². The highest BCUT2D eigenvalue weighted by Gasteiger charge is 2.29. The number of benzene rings is 1. The third kappa shape index (κ3) is 5.79. The predicted octanol–water partition coefficient (Wildman–Crippen LogP) is 2.89. The molecule has 0 aliphatic carbocycles. The van der Waals surface area contributed by atoms with Crippen LogP contribution in [0.3, 0.4) is 0 Å². The van der Waals surface area contributed by atoms with Crippen molar-refractivity contribution in [1.82, 2.24) is 0 Å². The Kier molecular flexibility index (Phi) is 8.03. The molecule has 1 rings (SSSR count). The lowest BCUT2D eigenvalue weighted by atomic mass is 9.80. The molecule has 4 nitrogen and oxygen atoms in total. The summed E-state index contributed by atoms with van der Waals surface area (Å²) in [5, 5.41) is 27.9. The molecule has 0 unspecified atom stereocenters. The molecule has 0 radical (unpaired) electrons. The van der Waals surface area contributed by atoms with Gasteiger partial charge in [0.05, 0.1) is 25.2 Å². The molecule has 0 aliphatic rings. The highest BCUT2D eigenvalue weighted by atomic mass is 16.5. The quantitative estimate of drug-likeness (QED) is 0.547. The molecule has 0 heterocycles. The van der Waals surface area contributed by atoms with Crippen molar-refractivity contribution in [1.29, 1.82) is 0 Å². The monoisotopic (exact) mass is 324 g/mol. The van der Waals surface area contributed by atoms with Crippen LogP contribution in [0.5, 0.6) is 5.75 Å². The van der Waals surface area contributed by atoms with Crippen LogP contribution in [0.15, 0.2) is 24.3 Å². The van der Waals surface area contributed by atoms with Gasteiger partial charge in [0, 0.05) is 0 Å². The molecule has 1 aromatic rings. The van der Waals surface area contributed by atoms with Gasteiger partial charge in [-0.2, -0.15) is 0 Å². The van der Waals surface area contributed by atoms with Crippen LogP contribution in [0.2, 0.25) is 0 Å². The molecule has 0 aliphatic heterocycles. The largest absolute Gasteiger partial charge is 0.493 e.